The maximum absolute atomic E-state index is 13.3. The van der Waals surface area contributed by atoms with Crippen molar-refractivity contribution in [1.29, 1.82) is 0 Å². The van der Waals surface area contributed by atoms with E-state index in [2.05, 4.69) is 0 Å². The number of fused-ring (bicyclic) bond motifs is 1. The first-order valence-corrected chi connectivity index (χ1v) is 4.53. The number of nitrogens with zero attached hydrogens (tertiary/aromatic N) is 1. The normalized spacial score (nSPS) is 10.6. The van der Waals surface area contributed by atoms with E-state index < -0.39 is 10.7 Å². The van der Waals surface area contributed by atoms with E-state index in [9.17, 15) is 14.5 Å². The molecule has 0 aliphatic carbocycles. The Morgan fingerprint density at radius 3 is 2.86 bits per heavy atom. The van der Waals surface area contributed by atoms with Gasteiger partial charge in [0.25, 0.3) is 0 Å². The Labute approximate surface area is 81.9 Å². The van der Waals surface area contributed by atoms with Crippen LogP contribution in [-0.4, -0.2) is 4.92 Å². The SMILES string of the molecule is Nc1ccc2sc([N+](=O)[O-])cc2c1F. The van der Waals surface area contributed by atoms with Crippen molar-refractivity contribution in [3.05, 3.63) is 34.1 Å². The van der Waals surface area contributed by atoms with Gasteiger partial charge in [-0.15, -0.1) is 0 Å². The van der Waals surface area contributed by atoms with Crippen molar-refractivity contribution < 1.29 is 9.31 Å². The number of hydrogen-bond donors (Lipinski definition) is 1. The Morgan fingerprint density at radius 2 is 2.21 bits per heavy atom. The number of nitrogens with two attached hydrogens (primary N) is 1. The lowest BCUT2D eigenvalue weighted by Gasteiger charge is -1.94. The molecule has 0 unspecified atom stereocenters. The number of nitro groups is 1. The first-order chi connectivity index (χ1) is 6.59. The average molecular weight is 212 g/mol. The summed E-state index contributed by atoms with van der Waals surface area (Å²) < 4.78 is 13.9. The number of hydrogen-bond acceptors (Lipinski definition) is 4. The Bertz CT molecular complexity index is 523. The molecule has 0 saturated heterocycles. The van der Waals surface area contributed by atoms with Gasteiger partial charge in [-0.05, 0) is 12.1 Å². The van der Waals surface area contributed by atoms with Crippen molar-refractivity contribution in [3.8, 4) is 0 Å². The highest BCUT2D eigenvalue weighted by Gasteiger charge is 2.15. The molecular formula is C8H5FN2O2S. The van der Waals surface area contributed by atoms with Crippen molar-refractivity contribution in [2.75, 3.05) is 5.73 Å². The number of nitrogen functional groups attached to an aromatic ring is 1. The van der Waals surface area contributed by atoms with E-state index in [1.165, 1.54) is 12.1 Å². The Morgan fingerprint density at radius 1 is 1.50 bits per heavy atom. The van der Waals surface area contributed by atoms with Crippen LogP contribution in [0, 0.1) is 15.9 Å². The van der Waals surface area contributed by atoms with Crippen molar-refractivity contribution in [2.24, 2.45) is 0 Å². The van der Waals surface area contributed by atoms with E-state index in [0.29, 0.717) is 4.70 Å². The first kappa shape index (κ1) is 8.89. The largest absolute Gasteiger partial charge is 0.396 e. The molecule has 0 spiro atoms. The second-order valence-electron chi connectivity index (χ2n) is 2.72. The summed E-state index contributed by atoms with van der Waals surface area (Å²) in [6, 6.07) is 4.18. The molecule has 1 aromatic heterocycles. The lowest BCUT2D eigenvalue weighted by atomic mass is 10.2. The van der Waals surface area contributed by atoms with Crippen LogP contribution in [0.1, 0.15) is 0 Å². The summed E-state index contributed by atoms with van der Waals surface area (Å²) >= 11 is 0.934. The van der Waals surface area contributed by atoms with Crippen LogP contribution < -0.4 is 5.73 Å². The molecule has 6 heteroatoms. The standard InChI is InChI=1S/C8H5FN2O2S/c9-8-4-3-7(11(12)13)14-6(4)2-1-5(8)10/h1-3H,10H2. The maximum Gasteiger partial charge on any atom is 0.325 e. The van der Waals surface area contributed by atoms with Gasteiger partial charge in [0.1, 0.15) is 0 Å². The summed E-state index contributed by atoms with van der Waals surface area (Å²) in [5.41, 5.74) is 5.34. The number of thiophene rings is 1. The topological polar surface area (TPSA) is 69.2 Å². The van der Waals surface area contributed by atoms with Gasteiger partial charge >= 0.3 is 5.00 Å². The predicted octanol–water partition coefficient (Wildman–Crippen LogP) is 2.53. The molecule has 0 aliphatic heterocycles. The third kappa shape index (κ3) is 1.20. The van der Waals surface area contributed by atoms with Gasteiger partial charge in [0.15, 0.2) is 5.82 Å². The zero-order chi connectivity index (χ0) is 10.3. The minimum absolute atomic E-state index is 0.00481. The zero-order valence-electron chi connectivity index (χ0n) is 6.86. The number of benzene rings is 1. The van der Waals surface area contributed by atoms with Crippen molar-refractivity contribution in [2.45, 2.75) is 0 Å². The van der Waals surface area contributed by atoms with Crippen LogP contribution in [0.4, 0.5) is 15.1 Å². The summed E-state index contributed by atoms with van der Waals surface area (Å²) in [6.45, 7) is 0. The summed E-state index contributed by atoms with van der Waals surface area (Å²) in [7, 11) is 0. The van der Waals surface area contributed by atoms with Gasteiger partial charge in [-0.1, -0.05) is 11.3 Å². The highest BCUT2D eigenvalue weighted by molar-refractivity contribution is 7.22. The van der Waals surface area contributed by atoms with Gasteiger partial charge in [-0.25, -0.2) is 4.39 Å². The Balaban J connectivity index is 2.77. The molecule has 0 atom stereocenters. The summed E-state index contributed by atoms with van der Waals surface area (Å²) in [5, 5.41) is 10.6. The van der Waals surface area contributed by atoms with Crippen molar-refractivity contribution >= 4 is 32.1 Å². The van der Waals surface area contributed by atoms with Crippen LogP contribution >= 0.6 is 11.3 Å². The summed E-state index contributed by atoms with van der Waals surface area (Å²) in [6.07, 6.45) is 0. The van der Waals surface area contributed by atoms with Crippen LogP contribution in [0.3, 0.4) is 0 Å². The molecule has 1 aromatic carbocycles. The van der Waals surface area contributed by atoms with Gasteiger partial charge in [0, 0.05) is 16.2 Å². The molecule has 0 fully saturated rings. The molecule has 72 valence electrons. The van der Waals surface area contributed by atoms with Crippen LogP contribution in [0.15, 0.2) is 18.2 Å². The van der Waals surface area contributed by atoms with Crippen LogP contribution in [0.5, 0.6) is 0 Å². The monoisotopic (exact) mass is 212 g/mol. The fraction of sp³-hybridized carbons (Fsp3) is 0. The quantitative estimate of drug-likeness (QED) is 0.448. The molecule has 2 N–H and O–H groups in total. The van der Waals surface area contributed by atoms with Crippen LogP contribution in [0.2, 0.25) is 0 Å². The number of anilines is 1. The average Bonchev–Trinajstić information content (AvgIpc) is 2.56. The third-order valence-electron chi connectivity index (χ3n) is 1.83. The van der Waals surface area contributed by atoms with Gasteiger partial charge < -0.3 is 5.73 Å². The Kier molecular flexibility index (Phi) is 1.85. The second kappa shape index (κ2) is 2.91. The van der Waals surface area contributed by atoms with Gasteiger partial charge in [0.05, 0.1) is 10.6 Å². The maximum atomic E-state index is 13.3. The minimum atomic E-state index is -0.591. The molecule has 0 radical (unpaired) electrons. The third-order valence-corrected chi connectivity index (χ3v) is 2.88. The van der Waals surface area contributed by atoms with Crippen LogP contribution in [-0.2, 0) is 0 Å². The van der Waals surface area contributed by atoms with Gasteiger partial charge in [-0.2, -0.15) is 0 Å². The molecule has 4 nitrogen and oxygen atoms in total. The highest BCUT2D eigenvalue weighted by Crippen LogP contribution is 2.34. The van der Waals surface area contributed by atoms with Gasteiger partial charge in [0.2, 0.25) is 0 Å². The zero-order valence-corrected chi connectivity index (χ0v) is 7.68. The molecule has 0 amide bonds. The van der Waals surface area contributed by atoms with Crippen molar-refractivity contribution in [3.63, 3.8) is 0 Å². The first-order valence-electron chi connectivity index (χ1n) is 3.71. The highest BCUT2D eigenvalue weighted by atomic mass is 32.1. The van der Waals surface area contributed by atoms with E-state index in [1.54, 1.807) is 6.07 Å². The number of rotatable bonds is 1. The van der Waals surface area contributed by atoms with Crippen molar-refractivity contribution in [1.82, 2.24) is 0 Å². The molecule has 0 bridgehead atoms. The Hall–Kier alpha value is -1.69. The molecule has 0 saturated carbocycles. The van der Waals surface area contributed by atoms with E-state index in [1.807, 2.05) is 0 Å². The number of halogens is 1. The minimum Gasteiger partial charge on any atom is -0.396 e. The summed E-state index contributed by atoms with van der Waals surface area (Å²) in [5.74, 6) is -0.591. The smallest absolute Gasteiger partial charge is 0.325 e. The molecule has 2 rings (SSSR count). The molecule has 2 aromatic rings. The molecular weight excluding hydrogens is 207 g/mol. The molecule has 0 aliphatic rings. The van der Waals surface area contributed by atoms with E-state index in [-0.39, 0.29) is 16.1 Å². The van der Waals surface area contributed by atoms with E-state index in [4.69, 9.17) is 5.73 Å². The second-order valence-corrected chi connectivity index (χ2v) is 3.78. The van der Waals surface area contributed by atoms with Crippen LogP contribution in [0.25, 0.3) is 10.1 Å². The lowest BCUT2D eigenvalue weighted by Crippen LogP contribution is -1.89. The molecule has 1 heterocycles. The fourth-order valence-corrected chi connectivity index (χ4v) is 2.04. The predicted molar refractivity (Wildman–Crippen MR) is 52.8 cm³/mol. The lowest BCUT2D eigenvalue weighted by molar-refractivity contribution is -0.380. The van der Waals surface area contributed by atoms with E-state index >= 15 is 0 Å². The fourth-order valence-electron chi connectivity index (χ4n) is 1.17. The van der Waals surface area contributed by atoms with E-state index in [0.717, 1.165) is 11.3 Å². The molecule has 14 heavy (non-hydrogen) atoms. The summed E-state index contributed by atoms with van der Waals surface area (Å²) in [4.78, 5) is 9.89. The van der Waals surface area contributed by atoms with Gasteiger partial charge in [-0.3, -0.25) is 10.1 Å².